The lowest BCUT2D eigenvalue weighted by Gasteiger charge is -2.12. The summed E-state index contributed by atoms with van der Waals surface area (Å²) in [4.78, 5) is 12.7. The quantitative estimate of drug-likeness (QED) is 0.624. The normalized spacial score (nSPS) is 13.3. The highest BCUT2D eigenvalue weighted by atomic mass is 16.5. The molecule has 0 unspecified atom stereocenters. The Labute approximate surface area is 153 Å². The molecular formula is C18H25N5O3. The molecule has 0 aromatic carbocycles. The van der Waals surface area contributed by atoms with Gasteiger partial charge in [0.1, 0.15) is 12.4 Å². The van der Waals surface area contributed by atoms with Crippen molar-refractivity contribution in [2.75, 3.05) is 37.4 Å². The lowest BCUT2D eigenvalue weighted by Crippen LogP contribution is -2.13. The van der Waals surface area contributed by atoms with E-state index in [2.05, 4.69) is 26.3 Å². The van der Waals surface area contributed by atoms with Gasteiger partial charge in [-0.1, -0.05) is 0 Å². The van der Waals surface area contributed by atoms with Gasteiger partial charge in [-0.25, -0.2) is 4.98 Å². The number of nitrogens with one attached hydrogen (secondary N) is 1. The third-order valence-corrected chi connectivity index (χ3v) is 3.77. The second kappa shape index (κ2) is 8.55. The molecule has 3 rings (SSSR count). The molecule has 1 aliphatic rings. The molecule has 0 radical (unpaired) electrons. The SMILES string of the molecule is CCOc1cc(NCCOc2cc(N)nc(OCC)n2)cc(C2CC2)n1. The molecule has 2 aromatic rings. The number of anilines is 2. The molecule has 2 aromatic heterocycles. The van der Waals surface area contributed by atoms with E-state index in [-0.39, 0.29) is 6.01 Å². The Morgan fingerprint density at radius 3 is 2.50 bits per heavy atom. The minimum Gasteiger partial charge on any atom is -0.478 e. The Hall–Kier alpha value is -2.77. The summed E-state index contributed by atoms with van der Waals surface area (Å²) in [6.45, 7) is 5.91. The van der Waals surface area contributed by atoms with Crippen molar-refractivity contribution >= 4 is 11.5 Å². The maximum Gasteiger partial charge on any atom is 0.321 e. The average Bonchev–Trinajstić information content (AvgIpc) is 3.44. The summed E-state index contributed by atoms with van der Waals surface area (Å²) in [7, 11) is 0. The van der Waals surface area contributed by atoms with Gasteiger partial charge in [0.05, 0.1) is 13.2 Å². The smallest absolute Gasteiger partial charge is 0.321 e. The largest absolute Gasteiger partial charge is 0.478 e. The zero-order chi connectivity index (χ0) is 18.4. The molecule has 0 atom stereocenters. The van der Waals surface area contributed by atoms with Crippen molar-refractivity contribution < 1.29 is 14.2 Å². The first-order valence-electron chi connectivity index (χ1n) is 8.96. The fourth-order valence-corrected chi connectivity index (χ4v) is 2.48. The number of nitrogen functional groups attached to an aromatic ring is 1. The second-order valence-electron chi connectivity index (χ2n) is 5.95. The number of ether oxygens (including phenoxy) is 3. The van der Waals surface area contributed by atoms with Crippen molar-refractivity contribution in [3.8, 4) is 17.8 Å². The molecule has 1 fully saturated rings. The fraction of sp³-hybridized carbons (Fsp3) is 0.500. The predicted molar refractivity (Wildman–Crippen MR) is 99.0 cm³/mol. The summed E-state index contributed by atoms with van der Waals surface area (Å²) >= 11 is 0. The monoisotopic (exact) mass is 359 g/mol. The zero-order valence-corrected chi connectivity index (χ0v) is 15.2. The van der Waals surface area contributed by atoms with Crippen molar-refractivity contribution in [2.24, 2.45) is 0 Å². The molecule has 140 valence electrons. The van der Waals surface area contributed by atoms with Crippen molar-refractivity contribution in [1.29, 1.82) is 0 Å². The molecule has 0 bridgehead atoms. The van der Waals surface area contributed by atoms with Crippen LogP contribution in [0.2, 0.25) is 0 Å². The van der Waals surface area contributed by atoms with Crippen LogP contribution in [0.25, 0.3) is 0 Å². The van der Waals surface area contributed by atoms with Crippen LogP contribution in [0, 0.1) is 0 Å². The van der Waals surface area contributed by atoms with Crippen molar-refractivity contribution in [3.63, 3.8) is 0 Å². The highest BCUT2D eigenvalue weighted by molar-refractivity contribution is 5.48. The van der Waals surface area contributed by atoms with Gasteiger partial charge in [0.2, 0.25) is 11.8 Å². The highest BCUT2D eigenvalue weighted by Crippen LogP contribution is 2.40. The van der Waals surface area contributed by atoms with Crippen LogP contribution in [-0.4, -0.2) is 41.3 Å². The number of nitrogens with zero attached hydrogens (tertiary/aromatic N) is 3. The number of nitrogens with two attached hydrogens (primary N) is 1. The number of hydrogen-bond acceptors (Lipinski definition) is 8. The first kappa shape index (κ1) is 18.0. The van der Waals surface area contributed by atoms with E-state index >= 15 is 0 Å². The third kappa shape index (κ3) is 5.11. The number of rotatable bonds is 10. The Balaban J connectivity index is 1.55. The van der Waals surface area contributed by atoms with Crippen LogP contribution >= 0.6 is 0 Å². The Morgan fingerprint density at radius 2 is 1.77 bits per heavy atom. The van der Waals surface area contributed by atoms with Crippen molar-refractivity contribution in [2.45, 2.75) is 32.6 Å². The summed E-state index contributed by atoms with van der Waals surface area (Å²) in [5, 5.41) is 3.34. The van der Waals surface area contributed by atoms with Crippen LogP contribution in [-0.2, 0) is 0 Å². The number of aromatic nitrogens is 3. The Morgan fingerprint density at radius 1 is 1.00 bits per heavy atom. The molecule has 0 amide bonds. The van der Waals surface area contributed by atoms with Gasteiger partial charge in [-0.15, -0.1) is 0 Å². The van der Waals surface area contributed by atoms with E-state index in [1.165, 1.54) is 12.8 Å². The van der Waals surface area contributed by atoms with Crippen LogP contribution in [0.5, 0.6) is 17.8 Å². The number of pyridine rings is 1. The second-order valence-corrected chi connectivity index (χ2v) is 5.95. The first-order chi connectivity index (χ1) is 12.7. The van der Waals surface area contributed by atoms with E-state index in [4.69, 9.17) is 19.9 Å². The zero-order valence-electron chi connectivity index (χ0n) is 15.2. The molecule has 0 aliphatic heterocycles. The van der Waals surface area contributed by atoms with Gasteiger partial charge in [-0.3, -0.25) is 0 Å². The Bertz CT molecular complexity index is 737. The van der Waals surface area contributed by atoms with Crippen LogP contribution in [0.1, 0.15) is 38.3 Å². The first-order valence-corrected chi connectivity index (χ1v) is 8.96. The molecule has 1 aliphatic carbocycles. The van der Waals surface area contributed by atoms with Gasteiger partial charge < -0.3 is 25.3 Å². The molecule has 8 heteroatoms. The van der Waals surface area contributed by atoms with Crippen LogP contribution in [0.3, 0.4) is 0 Å². The molecule has 3 N–H and O–H groups in total. The predicted octanol–water partition coefficient (Wildman–Crippen LogP) is 2.62. The van der Waals surface area contributed by atoms with Crippen LogP contribution in [0.4, 0.5) is 11.5 Å². The van der Waals surface area contributed by atoms with E-state index in [9.17, 15) is 0 Å². The average molecular weight is 359 g/mol. The van der Waals surface area contributed by atoms with E-state index in [1.54, 1.807) is 6.07 Å². The minimum absolute atomic E-state index is 0.222. The molecule has 26 heavy (non-hydrogen) atoms. The lowest BCUT2D eigenvalue weighted by atomic mass is 10.2. The topological polar surface area (TPSA) is 104 Å². The minimum atomic E-state index is 0.222. The van der Waals surface area contributed by atoms with Gasteiger partial charge in [0.25, 0.3) is 0 Å². The summed E-state index contributed by atoms with van der Waals surface area (Å²) in [5.74, 6) is 1.93. The molecule has 0 spiro atoms. The van der Waals surface area contributed by atoms with E-state index in [0.717, 1.165) is 11.4 Å². The van der Waals surface area contributed by atoms with Gasteiger partial charge in [0, 0.05) is 36.0 Å². The standard InChI is InChI=1S/C18H25N5O3/c1-3-24-16-10-13(9-14(21-16)12-5-6-12)20-7-8-26-17-11-15(19)22-18(23-17)25-4-2/h9-12H,3-8H2,1-2H3,(H,20,21)(H2,19,22,23). The fourth-order valence-electron chi connectivity index (χ4n) is 2.48. The highest BCUT2D eigenvalue weighted by Gasteiger charge is 2.26. The lowest BCUT2D eigenvalue weighted by molar-refractivity contribution is 0.287. The van der Waals surface area contributed by atoms with Crippen molar-refractivity contribution in [1.82, 2.24) is 15.0 Å². The van der Waals surface area contributed by atoms with E-state index in [0.29, 0.717) is 49.9 Å². The molecule has 8 nitrogen and oxygen atoms in total. The summed E-state index contributed by atoms with van der Waals surface area (Å²) in [6.07, 6.45) is 2.39. The summed E-state index contributed by atoms with van der Waals surface area (Å²) < 4.78 is 16.5. The van der Waals surface area contributed by atoms with Crippen molar-refractivity contribution in [3.05, 3.63) is 23.9 Å². The van der Waals surface area contributed by atoms with Gasteiger partial charge >= 0.3 is 6.01 Å². The molecule has 2 heterocycles. The number of hydrogen-bond donors (Lipinski definition) is 2. The van der Waals surface area contributed by atoms with Gasteiger partial charge in [-0.05, 0) is 32.8 Å². The molecule has 1 saturated carbocycles. The van der Waals surface area contributed by atoms with E-state index in [1.807, 2.05) is 19.9 Å². The van der Waals surface area contributed by atoms with Gasteiger partial charge in [-0.2, -0.15) is 9.97 Å². The van der Waals surface area contributed by atoms with Crippen LogP contribution in [0.15, 0.2) is 18.2 Å². The summed E-state index contributed by atoms with van der Waals surface area (Å²) in [6, 6.07) is 5.79. The summed E-state index contributed by atoms with van der Waals surface area (Å²) in [5.41, 5.74) is 7.80. The maximum absolute atomic E-state index is 5.73. The molecule has 0 saturated heterocycles. The van der Waals surface area contributed by atoms with Gasteiger partial charge in [0.15, 0.2) is 0 Å². The van der Waals surface area contributed by atoms with Crippen LogP contribution < -0.4 is 25.3 Å². The maximum atomic E-state index is 5.73. The third-order valence-electron chi connectivity index (χ3n) is 3.77. The van der Waals surface area contributed by atoms with E-state index < -0.39 is 0 Å². The Kier molecular flexibility index (Phi) is 5.93. The molecular weight excluding hydrogens is 334 g/mol.